The molecule has 0 radical (unpaired) electrons. The van der Waals surface area contributed by atoms with E-state index in [1.165, 1.54) is 6.42 Å². The van der Waals surface area contributed by atoms with E-state index in [2.05, 4.69) is 0 Å². The van der Waals surface area contributed by atoms with E-state index in [1.807, 2.05) is 4.90 Å². The molecular formula is C12H19NO3. The molecule has 4 heteroatoms. The summed E-state index contributed by atoms with van der Waals surface area (Å²) in [6.07, 6.45) is 4.11. The average Bonchev–Trinajstić information content (AvgIpc) is 3.09. The van der Waals surface area contributed by atoms with Gasteiger partial charge in [0.25, 0.3) is 0 Å². The summed E-state index contributed by atoms with van der Waals surface area (Å²) in [4.78, 5) is 25.3. The van der Waals surface area contributed by atoms with Crippen molar-refractivity contribution in [3.8, 4) is 0 Å². The topological polar surface area (TPSA) is 46.6 Å². The molecular weight excluding hydrogens is 206 g/mol. The number of hydrogen-bond donors (Lipinski definition) is 0. The van der Waals surface area contributed by atoms with Gasteiger partial charge in [-0.2, -0.15) is 0 Å². The molecule has 1 heterocycles. The fourth-order valence-electron chi connectivity index (χ4n) is 2.33. The third-order valence-electron chi connectivity index (χ3n) is 3.36. The van der Waals surface area contributed by atoms with Gasteiger partial charge in [0, 0.05) is 13.1 Å². The summed E-state index contributed by atoms with van der Waals surface area (Å²) in [5.41, 5.74) is 0. The summed E-state index contributed by atoms with van der Waals surface area (Å²) in [6.45, 7) is 3.93. The number of hydrogen-bond acceptors (Lipinski definition) is 3. The Morgan fingerprint density at radius 2 is 1.88 bits per heavy atom. The first-order valence-corrected chi connectivity index (χ1v) is 6.19. The molecule has 1 saturated carbocycles. The van der Waals surface area contributed by atoms with Crippen LogP contribution in [0.15, 0.2) is 0 Å². The van der Waals surface area contributed by atoms with Crippen molar-refractivity contribution in [1.29, 1.82) is 0 Å². The molecule has 2 rings (SSSR count). The fraction of sp³-hybridized carbons (Fsp3) is 0.833. The molecule has 4 nitrogen and oxygen atoms in total. The molecule has 2 atom stereocenters. The van der Waals surface area contributed by atoms with Crippen LogP contribution in [0.4, 0.5) is 0 Å². The van der Waals surface area contributed by atoms with Gasteiger partial charge in [-0.15, -0.1) is 0 Å². The molecule has 1 aliphatic heterocycles. The molecule has 0 N–H and O–H groups in total. The van der Waals surface area contributed by atoms with Crippen molar-refractivity contribution < 1.29 is 14.3 Å². The minimum atomic E-state index is -0.196. The van der Waals surface area contributed by atoms with Crippen LogP contribution < -0.4 is 0 Å². The largest absolute Gasteiger partial charge is 0.466 e. The average molecular weight is 225 g/mol. The van der Waals surface area contributed by atoms with Crippen LogP contribution in [-0.4, -0.2) is 36.5 Å². The van der Waals surface area contributed by atoms with Crippen LogP contribution in [0, 0.1) is 11.8 Å². The third-order valence-corrected chi connectivity index (χ3v) is 3.36. The monoisotopic (exact) mass is 225 g/mol. The second kappa shape index (κ2) is 4.85. The number of piperidine rings is 1. The number of likely N-dealkylation sites (tertiary alicyclic amines) is 1. The first-order chi connectivity index (χ1) is 7.74. The van der Waals surface area contributed by atoms with E-state index in [0.717, 1.165) is 25.9 Å². The van der Waals surface area contributed by atoms with Crippen LogP contribution in [0.3, 0.4) is 0 Å². The highest BCUT2D eigenvalue weighted by atomic mass is 16.5. The smallest absolute Gasteiger partial charge is 0.309 e. The standard InChI is InChI=1S/C12H19NO3/c1-2-16-12(15)10-8-9(10)11(14)13-6-4-3-5-7-13/h9-10H,2-8H2,1H3. The molecule has 90 valence electrons. The predicted molar refractivity (Wildman–Crippen MR) is 58.7 cm³/mol. The zero-order chi connectivity index (χ0) is 11.5. The summed E-state index contributed by atoms with van der Waals surface area (Å²) in [5.74, 6) is -0.276. The Kier molecular flexibility index (Phi) is 3.46. The molecule has 2 unspecified atom stereocenters. The lowest BCUT2D eigenvalue weighted by Crippen LogP contribution is -2.37. The zero-order valence-electron chi connectivity index (χ0n) is 9.78. The molecule has 1 amide bonds. The summed E-state index contributed by atoms with van der Waals surface area (Å²) in [6, 6.07) is 0. The van der Waals surface area contributed by atoms with Gasteiger partial charge in [0.05, 0.1) is 18.4 Å². The van der Waals surface area contributed by atoms with Crippen molar-refractivity contribution in [1.82, 2.24) is 4.90 Å². The van der Waals surface area contributed by atoms with Crippen molar-refractivity contribution in [2.24, 2.45) is 11.8 Å². The molecule has 0 aromatic carbocycles. The first kappa shape index (κ1) is 11.4. The quantitative estimate of drug-likeness (QED) is 0.678. The Hall–Kier alpha value is -1.06. The first-order valence-electron chi connectivity index (χ1n) is 6.19. The number of amides is 1. The summed E-state index contributed by atoms with van der Waals surface area (Å²) >= 11 is 0. The SMILES string of the molecule is CCOC(=O)C1CC1C(=O)N1CCCCC1. The molecule has 0 spiro atoms. The van der Waals surface area contributed by atoms with E-state index in [-0.39, 0.29) is 23.7 Å². The van der Waals surface area contributed by atoms with E-state index in [1.54, 1.807) is 6.92 Å². The lowest BCUT2D eigenvalue weighted by molar-refractivity contribution is -0.147. The highest BCUT2D eigenvalue weighted by Gasteiger charge is 2.50. The zero-order valence-corrected chi connectivity index (χ0v) is 9.78. The normalized spacial score (nSPS) is 28.7. The minimum Gasteiger partial charge on any atom is -0.466 e. The van der Waals surface area contributed by atoms with Crippen molar-refractivity contribution in [2.45, 2.75) is 32.6 Å². The van der Waals surface area contributed by atoms with Gasteiger partial charge in [0.15, 0.2) is 0 Å². The van der Waals surface area contributed by atoms with E-state index in [0.29, 0.717) is 13.0 Å². The Morgan fingerprint density at radius 3 is 2.50 bits per heavy atom. The molecule has 0 aromatic heterocycles. The molecule has 0 aromatic rings. The third kappa shape index (κ3) is 2.36. The van der Waals surface area contributed by atoms with Gasteiger partial charge in [-0.25, -0.2) is 0 Å². The van der Waals surface area contributed by atoms with Crippen molar-refractivity contribution in [3.05, 3.63) is 0 Å². The van der Waals surface area contributed by atoms with Gasteiger partial charge in [-0.05, 0) is 32.6 Å². The van der Waals surface area contributed by atoms with Crippen LogP contribution in [-0.2, 0) is 14.3 Å². The molecule has 2 aliphatic rings. The molecule has 2 fully saturated rings. The lowest BCUT2D eigenvalue weighted by Gasteiger charge is -2.26. The maximum absolute atomic E-state index is 12.0. The van der Waals surface area contributed by atoms with Crippen LogP contribution in [0.25, 0.3) is 0 Å². The Labute approximate surface area is 95.9 Å². The van der Waals surface area contributed by atoms with Crippen molar-refractivity contribution in [3.63, 3.8) is 0 Å². The molecule has 1 saturated heterocycles. The van der Waals surface area contributed by atoms with Crippen LogP contribution in [0.1, 0.15) is 32.6 Å². The summed E-state index contributed by atoms with van der Waals surface area (Å²) < 4.78 is 4.92. The van der Waals surface area contributed by atoms with Gasteiger partial charge in [0.1, 0.15) is 0 Å². The second-order valence-electron chi connectivity index (χ2n) is 4.59. The van der Waals surface area contributed by atoms with Gasteiger partial charge in [-0.3, -0.25) is 9.59 Å². The summed E-state index contributed by atoms with van der Waals surface area (Å²) in [7, 11) is 0. The van der Waals surface area contributed by atoms with E-state index in [4.69, 9.17) is 4.74 Å². The van der Waals surface area contributed by atoms with E-state index < -0.39 is 0 Å². The van der Waals surface area contributed by atoms with Gasteiger partial charge in [0.2, 0.25) is 5.91 Å². The summed E-state index contributed by atoms with van der Waals surface area (Å²) in [5, 5.41) is 0. The number of carbonyl (C=O) groups is 2. The predicted octanol–water partition coefficient (Wildman–Crippen LogP) is 1.20. The molecule has 1 aliphatic carbocycles. The van der Waals surface area contributed by atoms with Gasteiger partial charge >= 0.3 is 5.97 Å². The maximum atomic E-state index is 12.0. The minimum absolute atomic E-state index is 0.0860. The van der Waals surface area contributed by atoms with Crippen LogP contribution in [0.5, 0.6) is 0 Å². The Bertz CT molecular complexity index is 284. The number of nitrogens with zero attached hydrogens (tertiary/aromatic N) is 1. The van der Waals surface area contributed by atoms with Gasteiger partial charge < -0.3 is 9.64 Å². The Morgan fingerprint density at radius 1 is 1.19 bits per heavy atom. The van der Waals surface area contributed by atoms with Gasteiger partial charge in [-0.1, -0.05) is 0 Å². The number of ether oxygens (including phenoxy) is 1. The molecule has 0 bridgehead atoms. The lowest BCUT2D eigenvalue weighted by atomic mass is 10.1. The highest BCUT2D eigenvalue weighted by molar-refractivity contribution is 5.90. The maximum Gasteiger partial charge on any atom is 0.309 e. The number of esters is 1. The van der Waals surface area contributed by atoms with Crippen LogP contribution >= 0.6 is 0 Å². The highest BCUT2D eigenvalue weighted by Crippen LogP contribution is 2.41. The van der Waals surface area contributed by atoms with E-state index >= 15 is 0 Å². The van der Waals surface area contributed by atoms with Crippen molar-refractivity contribution in [2.75, 3.05) is 19.7 Å². The molecule has 16 heavy (non-hydrogen) atoms. The van der Waals surface area contributed by atoms with Crippen molar-refractivity contribution >= 4 is 11.9 Å². The Balaban J connectivity index is 1.81. The van der Waals surface area contributed by atoms with Crippen LogP contribution in [0.2, 0.25) is 0 Å². The fourth-order valence-corrected chi connectivity index (χ4v) is 2.33. The number of carbonyl (C=O) groups excluding carboxylic acids is 2. The second-order valence-corrected chi connectivity index (χ2v) is 4.59. The number of rotatable bonds is 3. The van der Waals surface area contributed by atoms with E-state index in [9.17, 15) is 9.59 Å².